The van der Waals surface area contributed by atoms with Gasteiger partial charge in [0.2, 0.25) is 5.91 Å². The molecule has 0 spiro atoms. The van der Waals surface area contributed by atoms with E-state index in [0.29, 0.717) is 37.4 Å². The SMILES string of the molecule is COc1cccc(C(=O)N2CCNC(=O)[C@@H](Cc3cccc(-c4ccccc4C)c3)C2)c1. The molecule has 3 aromatic carbocycles. The van der Waals surface area contributed by atoms with Gasteiger partial charge in [-0.25, -0.2) is 0 Å². The first-order chi connectivity index (χ1) is 15.5. The van der Waals surface area contributed by atoms with Crippen molar-refractivity contribution in [1.29, 1.82) is 0 Å². The van der Waals surface area contributed by atoms with Crippen LogP contribution in [0.25, 0.3) is 11.1 Å². The molecule has 4 rings (SSSR count). The highest BCUT2D eigenvalue weighted by Gasteiger charge is 2.28. The second-order valence-corrected chi connectivity index (χ2v) is 8.19. The van der Waals surface area contributed by atoms with Gasteiger partial charge in [0.25, 0.3) is 5.91 Å². The van der Waals surface area contributed by atoms with Crippen LogP contribution in [-0.4, -0.2) is 43.5 Å². The molecule has 1 heterocycles. The number of carbonyl (C=O) groups excluding carboxylic acids is 2. The summed E-state index contributed by atoms with van der Waals surface area (Å²) in [6.07, 6.45) is 0.577. The van der Waals surface area contributed by atoms with Gasteiger partial charge in [-0.3, -0.25) is 9.59 Å². The van der Waals surface area contributed by atoms with E-state index in [9.17, 15) is 9.59 Å². The predicted octanol–water partition coefficient (Wildman–Crippen LogP) is 4.10. The summed E-state index contributed by atoms with van der Waals surface area (Å²) in [5.41, 5.74) is 5.20. The topological polar surface area (TPSA) is 58.6 Å². The third-order valence-corrected chi connectivity index (χ3v) is 5.96. The van der Waals surface area contributed by atoms with Crippen LogP contribution in [0.4, 0.5) is 0 Å². The van der Waals surface area contributed by atoms with Crippen LogP contribution in [0.15, 0.2) is 72.8 Å². The first-order valence-corrected chi connectivity index (χ1v) is 10.9. The zero-order valence-electron chi connectivity index (χ0n) is 18.5. The van der Waals surface area contributed by atoms with Gasteiger partial charge in [0.15, 0.2) is 0 Å². The molecule has 1 aliphatic heterocycles. The van der Waals surface area contributed by atoms with Crippen LogP contribution in [0.1, 0.15) is 21.5 Å². The number of hydrogen-bond donors (Lipinski definition) is 1. The summed E-state index contributed by atoms with van der Waals surface area (Å²) < 4.78 is 5.25. The fourth-order valence-electron chi connectivity index (χ4n) is 4.23. The number of rotatable bonds is 5. The second kappa shape index (κ2) is 9.69. The van der Waals surface area contributed by atoms with Crippen molar-refractivity contribution >= 4 is 11.8 Å². The molecule has 32 heavy (non-hydrogen) atoms. The average Bonchev–Trinajstić information content (AvgIpc) is 3.00. The first-order valence-electron chi connectivity index (χ1n) is 10.9. The van der Waals surface area contributed by atoms with E-state index < -0.39 is 0 Å². The van der Waals surface area contributed by atoms with Crippen molar-refractivity contribution < 1.29 is 14.3 Å². The van der Waals surface area contributed by atoms with Crippen molar-refractivity contribution in [2.24, 2.45) is 5.92 Å². The van der Waals surface area contributed by atoms with E-state index in [-0.39, 0.29) is 17.7 Å². The Morgan fingerprint density at radius 1 is 1.06 bits per heavy atom. The number of amides is 2. The monoisotopic (exact) mass is 428 g/mol. The lowest BCUT2D eigenvalue weighted by Crippen LogP contribution is -2.37. The molecule has 164 valence electrons. The van der Waals surface area contributed by atoms with Gasteiger partial charge in [0.05, 0.1) is 13.0 Å². The maximum atomic E-state index is 13.1. The minimum absolute atomic E-state index is 0.00719. The van der Waals surface area contributed by atoms with Crippen LogP contribution in [0, 0.1) is 12.8 Å². The van der Waals surface area contributed by atoms with Crippen LogP contribution >= 0.6 is 0 Å². The molecule has 3 aromatic rings. The summed E-state index contributed by atoms with van der Waals surface area (Å²) in [6, 6.07) is 23.8. The Labute approximate surface area is 189 Å². The van der Waals surface area contributed by atoms with Gasteiger partial charge in [-0.15, -0.1) is 0 Å². The summed E-state index contributed by atoms with van der Waals surface area (Å²) in [7, 11) is 1.58. The van der Waals surface area contributed by atoms with Gasteiger partial charge in [-0.2, -0.15) is 0 Å². The van der Waals surface area contributed by atoms with Gasteiger partial charge in [-0.05, 0) is 53.8 Å². The molecule has 0 aliphatic carbocycles. The number of ether oxygens (including phenoxy) is 1. The van der Waals surface area contributed by atoms with Gasteiger partial charge in [-0.1, -0.05) is 54.6 Å². The van der Waals surface area contributed by atoms with Crippen LogP contribution in [0.3, 0.4) is 0 Å². The van der Waals surface area contributed by atoms with Crippen LogP contribution < -0.4 is 10.1 Å². The summed E-state index contributed by atoms with van der Waals surface area (Å²) >= 11 is 0. The lowest BCUT2D eigenvalue weighted by Gasteiger charge is -2.23. The summed E-state index contributed by atoms with van der Waals surface area (Å²) in [4.78, 5) is 27.7. The van der Waals surface area contributed by atoms with E-state index in [2.05, 4.69) is 36.5 Å². The van der Waals surface area contributed by atoms with Crippen molar-refractivity contribution in [1.82, 2.24) is 10.2 Å². The highest BCUT2D eigenvalue weighted by atomic mass is 16.5. The van der Waals surface area contributed by atoms with E-state index in [4.69, 9.17) is 4.74 Å². The standard InChI is InChI=1S/C27H28N2O3/c1-19-7-3-4-12-25(19)21-9-5-8-20(15-21)16-23-18-29(14-13-28-26(23)30)27(31)22-10-6-11-24(17-22)32-2/h3-12,15,17,23H,13-14,16,18H2,1-2H3,(H,28,30)/t23-/m0/s1. The van der Waals surface area contributed by atoms with E-state index in [1.54, 1.807) is 24.1 Å². The smallest absolute Gasteiger partial charge is 0.254 e. The number of hydrogen-bond acceptors (Lipinski definition) is 3. The van der Waals surface area contributed by atoms with Gasteiger partial charge in [0.1, 0.15) is 5.75 Å². The Morgan fingerprint density at radius 2 is 1.88 bits per heavy atom. The molecule has 0 saturated carbocycles. The molecule has 1 atom stereocenters. The van der Waals surface area contributed by atoms with E-state index >= 15 is 0 Å². The largest absolute Gasteiger partial charge is 0.497 e. The molecule has 1 N–H and O–H groups in total. The van der Waals surface area contributed by atoms with E-state index in [1.807, 2.05) is 36.4 Å². The van der Waals surface area contributed by atoms with Crippen molar-refractivity contribution in [3.8, 4) is 16.9 Å². The van der Waals surface area contributed by atoms with Crippen LogP contribution in [0.5, 0.6) is 5.75 Å². The van der Waals surface area contributed by atoms with Crippen molar-refractivity contribution in [2.75, 3.05) is 26.7 Å². The van der Waals surface area contributed by atoms with Gasteiger partial charge < -0.3 is 15.0 Å². The number of carbonyl (C=O) groups is 2. The van der Waals surface area contributed by atoms with E-state index in [1.165, 1.54) is 11.1 Å². The highest BCUT2D eigenvalue weighted by Crippen LogP contribution is 2.25. The highest BCUT2D eigenvalue weighted by molar-refractivity contribution is 5.95. The molecule has 0 radical (unpaired) electrons. The maximum absolute atomic E-state index is 13.1. The lowest BCUT2D eigenvalue weighted by atomic mass is 9.94. The zero-order chi connectivity index (χ0) is 22.5. The Balaban J connectivity index is 1.54. The van der Waals surface area contributed by atoms with Crippen molar-refractivity contribution in [2.45, 2.75) is 13.3 Å². The quantitative estimate of drug-likeness (QED) is 0.666. The number of methoxy groups -OCH3 is 1. The third kappa shape index (κ3) is 4.83. The number of aryl methyl sites for hydroxylation is 1. The predicted molar refractivity (Wildman–Crippen MR) is 126 cm³/mol. The molecule has 5 nitrogen and oxygen atoms in total. The fraction of sp³-hybridized carbons (Fsp3) is 0.259. The normalized spacial score (nSPS) is 16.2. The summed E-state index contributed by atoms with van der Waals surface area (Å²) in [5.74, 6) is 0.245. The molecule has 1 aliphatic rings. The maximum Gasteiger partial charge on any atom is 0.254 e. The molecule has 2 amide bonds. The Kier molecular flexibility index (Phi) is 6.55. The molecule has 1 fully saturated rings. The molecule has 1 saturated heterocycles. The number of nitrogens with one attached hydrogen (secondary N) is 1. The Hall–Kier alpha value is -3.60. The minimum Gasteiger partial charge on any atom is -0.497 e. The Bertz CT molecular complexity index is 1130. The zero-order valence-corrected chi connectivity index (χ0v) is 18.5. The fourth-order valence-corrected chi connectivity index (χ4v) is 4.23. The van der Waals surface area contributed by atoms with Crippen LogP contribution in [0.2, 0.25) is 0 Å². The molecule has 0 aromatic heterocycles. The van der Waals surface area contributed by atoms with Crippen LogP contribution in [-0.2, 0) is 11.2 Å². The average molecular weight is 429 g/mol. The molecule has 5 heteroatoms. The molecular weight excluding hydrogens is 400 g/mol. The molecule has 0 bridgehead atoms. The number of nitrogens with zero attached hydrogens (tertiary/aromatic N) is 1. The van der Waals surface area contributed by atoms with Gasteiger partial charge in [0, 0.05) is 25.2 Å². The summed E-state index contributed by atoms with van der Waals surface area (Å²) in [5, 5.41) is 2.97. The third-order valence-electron chi connectivity index (χ3n) is 5.96. The summed E-state index contributed by atoms with van der Waals surface area (Å²) in [6.45, 7) is 3.43. The number of benzene rings is 3. The molecular formula is C27H28N2O3. The molecule has 0 unspecified atom stereocenters. The van der Waals surface area contributed by atoms with Crippen molar-refractivity contribution in [3.63, 3.8) is 0 Å². The van der Waals surface area contributed by atoms with Crippen molar-refractivity contribution in [3.05, 3.63) is 89.5 Å². The second-order valence-electron chi connectivity index (χ2n) is 8.19. The lowest BCUT2D eigenvalue weighted by molar-refractivity contribution is -0.124. The van der Waals surface area contributed by atoms with E-state index in [0.717, 1.165) is 11.1 Å². The first kappa shape index (κ1) is 21.6. The Morgan fingerprint density at radius 3 is 2.69 bits per heavy atom. The van der Waals surface area contributed by atoms with Gasteiger partial charge >= 0.3 is 0 Å². The minimum atomic E-state index is -0.306.